The molecule has 0 aliphatic heterocycles. The van der Waals surface area contributed by atoms with Gasteiger partial charge in [0.15, 0.2) is 17.5 Å². The van der Waals surface area contributed by atoms with Crippen molar-refractivity contribution in [1.29, 1.82) is 0 Å². The summed E-state index contributed by atoms with van der Waals surface area (Å²) in [5, 5.41) is 3.39. The van der Waals surface area contributed by atoms with Crippen LogP contribution in [0.1, 0.15) is 16.7 Å². The highest BCUT2D eigenvalue weighted by atomic mass is 127. The van der Waals surface area contributed by atoms with Crippen molar-refractivity contribution in [2.24, 2.45) is 4.99 Å². The monoisotopic (exact) mass is 499 g/mol. The van der Waals surface area contributed by atoms with Crippen LogP contribution in [-0.4, -0.2) is 46.3 Å². The van der Waals surface area contributed by atoms with Gasteiger partial charge in [0.25, 0.3) is 0 Å². The lowest BCUT2D eigenvalue weighted by molar-refractivity contribution is 0.347. The highest BCUT2D eigenvalue weighted by Gasteiger charge is 2.14. The van der Waals surface area contributed by atoms with E-state index in [1.54, 1.807) is 28.4 Å². The van der Waals surface area contributed by atoms with E-state index in [0.717, 1.165) is 23.8 Å². The van der Waals surface area contributed by atoms with Crippen LogP contribution in [0.15, 0.2) is 41.4 Å². The van der Waals surface area contributed by atoms with E-state index in [4.69, 9.17) is 14.2 Å². The predicted octanol–water partition coefficient (Wildman–Crippen LogP) is 3.85. The molecule has 0 atom stereocenters. The molecule has 2 aromatic carbocycles. The number of aryl methyl sites for hydroxylation is 1. The van der Waals surface area contributed by atoms with Crippen LogP contribution in [0.4, 0.5) is 0 Å². The third-order valence-electron chi connectivity index (χ3n) is 4.47. The van der Waals surface area contributed by atoms with E-state index in [-0.39, 0.29) is 24.0 Å². The molecule has 0 saturated heterocycles. The first-order valence-corrected chi connectivity index (χ1v) is 8.79. The Labute approximate surface area is 184 Å². The Balaban J connectivity index is 0.00000392. The second-order valence-electron chi connectivity index (χ2n) is 6.20. The second kappa shape index (κ2) is 11.6. The molecule has 6 nitrogen and oxygen atoms in total. The topological polar surface area (TPSA) is 55.3 Å². The van der Waals surface area contributed by atoms with E-state index in [1.807, 2.05) is 19.2 Å². The van der Waals surface area contributed by atoms with Crippen molar-refractivity contribution in [1.82, 2.24) is 10.2 Å². The molecule has 28 heavy (non-hydrogen) atoms. The molecule has 0 bridgehead atoms. The molecule has 0 aliphatic rings. The summed E-state index contributed by atoms with van der Waals surface area (Å²) in [6.45, 7) is 3.44. The molecule has 0 fully saturated rings. The molecule has 7 heteroatoms. The largest absolute Gasteiger partial charge is 0.496 e. The van der Waals surface area contributed by atoms with Gasteiger partial charge in [-0.3, -0.25) is 4.99 Å². The molecule has 154 valence electrons. The lowest BCUT2D eigenvalue weighted by Gasteiger charge is -2.23. The van der Waals surface area contributed by atoms with Gasteiger partial charge in [-0.2, -0.15) is 0 Å². The molecule has 0 unspecified atom stereocenters. The zero-order valence-electron chi connectivity index (χ0n) is 17.4. The first kappa shape index (κ1) is 23.9. The number of nitrogens with zero attached hydrogens (tertiary/aromatic N) is 2. The minimum Gasteiger partial charge on any atom is -0.496 e. The Morgan fingerprint density at radius 3 is 2.14 bits per heavy atom. The zero-order valence-corrected chi connectivity index (χ0v) is 19.7. The highest BCUT2D eigenvalue weighted by molar-refractivity contribution is 14.0. The van der Waals surface area contributed by atoms with Gasteiger partial charge in [0.2, 0.25) is 0 Å². The van der Waals surface area contributed by atoms with Gasteiger partial charge >= 0.3 is 0 Å². The molecular formula is C21H30IN3O3. The van der Waals surface area contributed by atoms with Crippen LogP contribution in [0.5, 0.6) is 17.2 Å². The summed E-state index contributed by atoms with van der Waals surface area (Å²) in [7, 11) is 8.67. The lowest BCUT2D eigenvalue weighted by atomic mass is 10.1. The van der Waals surface area contributed by atoms with Crippen molar-refractivity contribution in [3.63, 3.8) is 0 Å². The third-order valence-corrected chi connectivity index (χ3v) is 4.47. The average Bonchev–Trinajstić information content (AvgIpc) is 2.69. The molecule has 0 spiro atoms. The van der Waals surface area contributed by atoms with Crippen molar-refractivity contribution in [3.8, 4) is 17.2 Å². The van der Waals surface area contributed by atoms with E-state index < -0.39 is 0 Å². The maximum atomic E-state index is 5.50. The summed E-state index contributed by atoms with van der Waals surface area (Å²) in [5.41, 5.74) is 3.49. The fourth-order valence-electron chi connectivity index (χ4n) is 2.91. The molecule has 0 amide bonds. The molecule has 0 aliphatic carbocycles. The number of ether oxygens (including phenoxy) is 3. The maximum Gasteiger partial charge on any atom is 0.193 e. The highest BCUT2D eigenvalue weighted by Crippen LogP contribution is 2.34. The predicted molar refractivity (Wildman–Crippen MR) is 124 cm³/mol. The minimum atomic E-state index is 0. The van der Waals surface area contributed by atoms with Gasteiger partial charge < -0.3 is 24.4 Å². The summed E-state index contributed by atoms with van der Waals surface area (Å²) in [6.07, 6.45) is 0. The normalized spacial score (nSPS) is 10.7. The van der Waals surface area contributed by atoms with Crippen LogP contribution in [-0.2, 0) is 13.1 Å². The fourth-order valence-corrected chi connectivity index (χ4v) is 2.91. The van der Waals surface area contributed by atoms with Gasteiger partial charge in [-0.15, -0.1) is 24.0 Å². The summed E-state index contributed by atoms with van der Waals surface area (Å²) < 4.78 is 16.2. The average molecular weight is 499 g/mol. The van der Waals surface area contributed by atoms with E-state index in [1.165, 1.54) is 11.1 Å². The smallest absolute Gasteiger partial charge is 0.193 e. The number of halogens is 1. The van der Waals surface area contributed by atoms with Crippen molar-refractivity contribution in [2.75, 3.05) is 35.4 Å². The Kier molecular flexibility index (Phi) is 9.92. The maximum absolute atomic E-state index is 5.50. The van der Waals surface area contributed by atoms with Crippen molar-refractivity contribution in [3.05, 3.63) is 53.1 Å². The number of methoxy groups -OCH3 is 3. The molecule has 1 N–H and O–H groups in total. The molecule has 0 aromatic heterocycles. The minimum absolute atomic E-state index is 0. The van der Waals surface area contributed by atoms with Gasteiger partial charge in [0, 0.05) is 38.8 Å². The van der Waals surface area contributed by atoms with Crippen molar-refractivity contribution >= 4 is 29.9 Å². The van der Waals surface area contributed by atoms with Gasteiger partial charge in [-0.25, -0.2) is 0 Å². The fraction of sp³-hybridized carbons (Fsp3) is 0.381. The summed E-state index contributed by atoms with van der Waals surface area (Å²) in [4.78, 5) is 6.49. The van der Waals surface area contributed by atoms with Crippen LogP contribution >= 0.6 is 24.0 Å². The number of hydrogen-bond acceptors (Lipinski definition) is 4. The number of rotatable bonds is 7. The number of benzene rings is 2. The lowest BCUT2D eigenvalue weighted by Crippen LogP contribution is -2.38. The Hall–Kier alpha value is -2.16. The van der Waals surface area contributed by atoms with Gasteiger partial charge in [0.1, 0.15) is 5.75 Å². The number of guanidine groups is 1. The second-order valence-corrected chi connectivity index (χ2v) is 6.20. The van der Waals surface area contributed by atoms with Gasteiger partial charge in [0.05, 0.1) is 21.3 Å². The molecule has 2 aromatic rings. The van der Waals surface area contributed by atoms with Crippen LogP contribution in [0.2, 0.25) is 0 Å². The first-order chi connectivity index (χ1) is 13.0. The third kappa shape index (κ3) is 5.92. The van der Waals surface area contributed by atoms with Gasteiger partial charge in [-0.05, 0) is 24.1 Å². The summed E-state index contributed by atoms with van der Waals surface area (Å²) >= 11 is 0. The number of aliphatic imine (C=N–C) groups is 1. The molecule has 0 heterocycles. The van der Waals surface area contributed by atoms with Crippen LogP contribution in [0.3, 0.4) is 0 Å². The van der Waals surface area contributed by atoms with Crippen LogP contribution < -0.4 is 19.5 Å². The summed E-state index contributed by atoms with van der Waals surface area (Å²) in [5.74, 6) is 2.84. The van der Waals surface area contributed by atoms with E-state index in [2.05, 4.69) is 46.4 Å². The molecule has 0 radical (unpaired) electrons. The van der Waals surface area contributed by atoms with Crippen molar-refractivity contribution < 1.29 is 14.2 Å². The van der Waals surface area contributed by atoms with Crippen molar-refractivity contribution in [2.45, 2.75) is 20.0 Å². The molecule has 0 saturated carbocycles. The van der Waals surface area contributed by atoms with Crippen LogP contribution in [0.25, 0.3) is 0 Å². The number of hydrogen-bond donors (Lipinski definition) is 1. The zero-order chi connectivity index (χ0) is 19.8. The van der Waals surface area contributed by atoms with E-state index in [0.29, 0.717) is 18.0 Å². The van der Waals surface area contributed by atoms with E-state index in [9.17, 15) is 0 Å². The van der Waals surface area contributed by atoms with Gasteiger partial charge in [-0.1, -0.05) is 24.3 Å². The molecular weight excluding hydrogens is 469 g/mol. The SMILES string of the molecule is CN=C(NCc1cc(OC)c(OC)cc1OC)N(C)Cc1ccccc1C.I. The Bertz CT molecular complexity index is 796. The summed E-state index contributed by atoms with van der Waals surface area (Å²) in [6, 6.07) is 12.1. The Morgan fingerprint density at radius 2 is 1.57 bits per heavy atom. The number of nitrogens with one attached hydrogen (secondary N) is 1. The first-order valence-electron chi connectivity index (χ1n) is 8.79. The standard InChI is InChI=1S/C21H29N3O3.HI/c1-15-9-7-8-10-16(15)14-24(3)21(22-2)23-13-17-11-19(26-5)20(27-6)12-18(17)25-4;/h7-12H,13-14H2,1-6H3,(H,22,23);1H. The molecule has 2 rings (SSSR count). The van der Waals surface area contributed by atoms with E-state index >= 15 is 0 Å². The Morgan fingerprint density at radius 1 is 0.964 bits per heavy atom. The van der Waals surface area contributed by atoms with Crippen LogP contribution in [0, 0.1) is 6.92 Å². The quantitative estimate of drug-likeness (QED) is 0.357.